The molecule has 0 aliphatic heterocycles. The normalized spacial score (nSPS) is 12.8. The molecule has 0 saturated heterocycles. The summed E-state index contributed by atoms with van der Waals surface area (Å²) < 4.78 is 9.50. The van der Waals surface area contributed by atoms with Crippen molar-refractivity contribution in [1.29, 1.82) is 0 Å². The predicted molar refractivity (Wildman–Crippen MR) is 64.7 cm³/mol. The molecule has 1 unspecified atom stereocenters. The molecule has 0 spiro atoms. The third-order valence-corrected chi connectivity index (χ3v) is 3.63. The van der Waals surface area contributed by atoms with Crippen LogP contribution in [0.15, 0.2) is 10.7 Å². The van der Waals surface area contributed by atoms with E-state index in [1.807, 2.05) is 13.8 Å². The first kappa shape index (κ1) is 13.4. The Morgan fingerprint density at radius 2 is 2.44 bits per heavy atom. The van der Waals surface area contributed by atoms with E-state index >= 15 is 0 Å². The van der Waals surface area contributed by atoms with Crippen LogP contribution in [0.3, 0.4) is 0 Å². The lowest BCUT2D eigenvalue weighted by atomic mass is 10.3. The monoisotopic (exact) mass is 261 g/mol. The van der Waals surface area contributed by atoms with Gasteiger partial charge in [-0.2, -0.15) is 4.37 Å². The van der Waals surface area contributed by atoms with Gasteiger partial charge in [0.15, 0.2) is 4.34 Å². The van der Waals surface area contributed by atoms with Crippen molar-refractivity contribution in [3.63, 3.8) is 0 Å². The van der Waals surface area contributed by atoms with Gasteiger partial charge in [0.25, 0.3) is 0 Å². The first-order valence-corrected chi connectivity index (χ1v) is 6.62. The van der Waals surface area contributed by atoms with Crippen LogP contribution in [-0.2, 0) is 9.53 Å². The number of carbonyl (C=O) groups is 1. The third-order valence-electron chi connectivity index (χ3n) is 1.73. The standard InChI is InChI=1S/C9H15N3O2S2/c1-6(2)12-7(8(13)14-3)4-15-9-10-5-11-16-9/h5-7,12H,4H2,1-3H3. The smallest absolute Gasteiger partial charge is 0.323 e. The van der Waals surface area contributed by atoms with Gasteiger partial charge in [-0.1, -0.05) is 25.6 Å². The summed E-state index contributed by atoms with van der Waals surface area (Å²) in [5.41, 5.74) is 0. The maximum Gasteiger partial charge on any atom is 0.323 e. The fourth-order valence-electron chi connectivity index (χ4n) is 1.11. The highest BCUT2D eigenvalue weighted by molar-refractivity contribution is 8.01. The highest BCUT2D eigenvalue weighted by Gasteiger charge is 2.20. The number of thioether (sulfide) groups is 1. The molecule has 0 saturated carbocycles. The van der Waals surface area contributed by atoms with Gasteiger partial charge in [0.2, 0.25) is 0 Å². The van der Waals surface area contributed by atoms with Crippen molar-refractivity contribution < 1.29 is 9.53 Å². The first-order valence-electron chi connectivity index (χ1n) is 4.86. The minimum absolute atomic E-state index is 0.235. The molecule has 1 rings (SSSR count). The van der Waals surface area contributed by atoms with Crippen LogP contribution in [0.1, 0.15) is 13.8 Å². The molecule has 7 heteroatoms. The van der Waals surface area contributed by atoms with Crippen molar-refractivity contribution in [1.82, 2.24) is 14.7 Å². The molecular formula is C9H15N3O2S2. The van der Waals surface area contributed by atoms with Crippen molar-refractivity contribution in [2.45, 2.75) is 30.3 Å². The van der Waals surface area contributed by atoms with Crippen molar-refractivity contribution in [2.75, 3.05) is 12.9 Å². The summed E-state index contributed by atoms with van der Waals surface area (Å²) in [6.07, 6.45) is 1.51. The highest BCUT2D eigenvalue weighted by atomic mass is 32.2. The van der Waals surface area contributed by atoms with Gasteiger partial charge in [-0.15, -0.1) is 0 Å². The Morgan fingerprint density at radius 3 is 2.94 bits per heavy atom. The third kappa shape index (κ3) is 4.46. The fourth-order valence-corrected chi connectivity index (χ4v) is 2.60. The molecule has 1 atom stereocenters. The molecule has 0 radical (unpaired) electrons. The summed E-state index contributed by atoms with van der Waals surface area (Å²) in [6.45, 7) is 3.98. The van der Waals surface area contributed by atoms with E-state index in [4.69, 9.17) is 4.74 Å². The van der Waals surface area contributed by atoms with Gasteiger partial charge in [0.1, 0.15) is 12.4 Å². The molecule has 90 valence electrons. The topological polar surface area (TPSA) is 64.1 Å². The maximum absolute atomic E-state index is 11.5. The van der Waals surface area contributed by atoms with E-state index in [1.165, 1.54) is 36.7 Å². The van der Waals surface area contributed by atoms with Crippen molar-refractivity contribution in [3.05, 3.63) is 6.33 Å². The van der Waals surface area contributed by atoms with Crippen molar-refractivity contribution >= 4 is 29.3 Å². The van der Waals surface area contributed by atoms with Crippen LogP contribution in [0, 0.1) is 0 Å². The second kappa shape index (κ2) is 6.82. The molecule has 16 heavy (non-hydrogen) atoms. The van der Waals surface area contributed by atoms with Crippen LogP contribution >= 0.6 is 23.3 Å². The number of carbonyl (C=O) groups excluding carboxylic acids is 1. The van der Waals surface area contributed by atoms with Gasteiger partial charge in [-0.25, -0.2) is 4.98 Å². The number of nitrogens with zero attached hydrogens (tertiary/aromatic N) is 2. The van der Waals surface area contributed by atoms with E-state index in [2.05, 4.69) is 14.7 Å². The van der Waals surface area contributed by atoms with E-state index in [9.17, 15) is 4.79 Å². The second-order valence-corrected chi connectivity index (χ2v) is 5.46. The molecule has 0 bridgehead atoms. The summed E-state index contributed by atoms with van der Waals surface area (Å²) in [5.74, 6) is 0.353. The van der Waals surface area contributed by atoms with Gasteiger partial charge >= 0.3 is 5.97 Å². The Bertz CT molecular complexity index is 317. The molecular weight excluding hydrogens is 246 g/mol. The van der Waals surface area contributed by atoms with Crippen molar-refractivity contribution in [2.24, 2.45) is 0 Å². The molecule has 0 aliphatic carbocycles. The number of nitrogens with one attached hydrogen (secondary N) is 1. The number of hydrogen-bond acceptors (Lipinski definition) is 7. The summed E-state index contributed by atoms with van der Waals surface area (Å²) in [6, 6.07) is -0.0713. The molecule has 5 nitrogen and oxygen atoms in total. The van der Waals surface area contributed by atoms with Crippen LogP contribution < -0.4 is 5.32 Å². The van der Waals surface area contributed by atoms with Gasteiger partial charge in [0.05, 0.1) is 7.11 Å². The summed E-state index contributed by atoms with van der Waals surface area (Å²) in [7, 11) is 1.40. The molecule has 0 amide bonds. The van der Waals surface area contributed by atoms with Gasteiger partial charge in [-0.05, 0) is 11.5 Å². The molecule has 0 aliphatic rings. The zero-order chi connectivity index (χ0) is 12.0. The van der Waals surface area contributed by atoms with Crippen LogP contribution in [0.2, 0.25) is 0 Å². The molecule has 1 aromatic rings. The highest BCUT2D eigenvalue weighted by Crippen LogP contribution is 2.19. The number of rotatable bonds is 6. The number of esters is 1. The zero-order valence-electron chi connectivity index (χ0n) is 9.47. The average molecular weight is 261 g/mol. The molecule has 1 heterocycles. The number of hydrogen-bond donors (Lipinski definition) is 1. The van der Waals surface area contributed by atoms with Gasteiger partial charge in [-0.3, -0.25) is 4.79 Å². The van der Waals surface area contributed by atoms with E-state index in [-0.39, 0.29) is 18.1 Å². The summed E-state index contributed by atoms with van der Waals surface area (Å²) in [4.78, 5) is 15.5. The molecule has 1 aromatic heterocycles. The SMILES string of the molecule is COC(=O)C(CSc1ncns1)NC(C)C. The van der Waals surface area contributed by atoms with E-state index in [0.717, 1.165) is 4.34 Å². The minimum atomic E-state index is -0.307. The maximum atomic E-state index is 11.5. The number of aromatic nitrogens is 2. The van der Waals surface area contributed by atoms with E-state index < -0.39 is 0 Å². The largest absolute Gasteiger partial charge is 0.468 e. The number of methoxy groups -OCH3 is 1. The van der Waals surface area contributed by atoms with E-state index in [0.29, 0.717) is 5.75 Å². The first-order chi connectivity index (χ1) is 7.63. The quantitative estimate of drug-likeness (QED) is 0.612. The Morgan fingerprint density at radius 1 is 1.69 bits per heavy atom. The van der Waals surface area contributed by atoms with Gasteiger partial charge in [0, 0.05) is 11.8 Å². The Hall–Kier alpha value is -0.660. The predicted octanol–water partition coefficient (Wildman–Crippen LogP) is 1.17. The molecule has 0 fully saturated rings. The van der Waals surface area contributed by atoms with Crippen LogP contribution in [0.25, 0.3) is 0 Å². The second-order valence-electron chi connectivity index (χ2n) is 3.42. The summed E-state index contributed by atoms with van der Waals surface area (Å²) >= 11 is 2.83. The van der Waals surface area contributed by atoms with E-state index in [1.54, 1.807) is 0 Å². The number of ether oxygens (including phenoxy) is 1. The minimum Gasteiger partial charge on any atom is -0.468 e. The van der Waals surface area contributed by atoms with Gasteiger partial charge < -0.3 is 10.1 Å². The lowest BCUT2D eigenvalue weighted by Gasteiger charge is -2.17. The van der Waals surface area contributed by atoms with Crippen LogP contribution in [0.5, 0.6) is 0 Å². The molecule has 1 N–H and O–H groups in total. The van der Waals surface area contributed by atoms with Crippen molar-refractivity contribution in [3.8, 4) is 0 Å². The zero-order valence-corrected chi connectivity index (χ0v) is 11.1. The Balaban J connectivity index is 2.46. The Kier molecular flexibility index (Phi) is 5.72. The molecule has 0 aromatic carbocycles. The van der Waals surface area contributed by atoms with Crippen LogP contribution in [0.4, 0.5) is 0 Å². The lowest BCUT2D eigenvalue weighted by Crippen LogP contribution is -2.43. The average Bonchev–Trinajstić information content (AvgIpc) is 2.75. The lowest BCUT2D eigenvalue weighted by molar-refractivity contribution is -0.142. The summed E-state index contributed by atoms with van der Waals surface area (Å²) in [5, 5.41) is 3.15. The van der Waals surface area contributed by atoms with Crippen LogP contribution in [-0.4, -0.2) is 40.3 Å². The fraction of sp³-hybridized carbons (Fsp3) is 0.667. The Labute approximate surface area is 103 Å².